The summed E-state index contributed by atoms with van der Waals surface area (Å²) < 4.78 is 40.6. The van der Waals surface area contributed by atoms with Crippen LogP contribution in [0.2, 0.25) is 0 Å². The second-order valence-electron chi connectivity index (χ2n) is 8.96. The monoisotopic (exact) mass is 445 g/mol. The zero-order valence-corrected chi connectivity index (χ0v) is 18.6. The summed E-state index contributed by atoms with van der Waals surface area (Å²) in [4.78, 5) is 15.3. The number of nitrogens with one attached hydrogen (secondary N) is 1. The molecule has 4 rings (SSSR count). The zero-order chi connectivity index (χ0) is 22.2. The lowest BCUT2D eigenvalue weighted by Gasteiger charge is -2.49. The number of hydrogen-bond donors (Lipinski definition) is 1. The van der Waals surface area contributed by atoms with Gasteiger partial charge in [0.15, 0.2) is 0 Å². The molecule has 166 valence electrons. The summed E-state index contributed by atoms with van der Waals surface area (Å²) >= 11 is 0. The quantitative estimate of drug-likeness (QED) is 0.742. The molecule has 8 heteroatoms. The molecule has 0 bridgehead atoms. The first-order chi connectivity index (χ1) is 14.7. The molecule has 2 aromatic carbocycles. The number of likely N-dealkylation sites (tertiary alicyclic amines) is 1. The molecule has 1 amide bonds. The van der Waals surface area contributed by atoms with Crippen LogP contribution >= 0.6 is 0 Å². The Morgan fingerprint density at radius 1 is 1.10 bits per heavy atom. The average Bonchev–Trinajstić information content (AvgIpc) is 3.07. The minimum absolute atomic E-state index is 0.0202. The third-order valence-corrected chi connectivity index (χ3v) is 7.95. The minimum Gasteiger partial charge on any atom is -0.354 e. The number of rotatable bonds is 6. The number of sulfonamides is 1. The summed E-state index contributed by atoms with van der Waals surface area (Å²) in [5.41, 5.74) is 0.749. The Balaban J connectivity index is 1.53. The van der Waals surface area contributed by atoms with E-state index in [9.17, 15) is 17.6 Å². The molecule has 2 aliphatic rings. The molecule has 1 unspecified atom stereocenters. The normalized spacial score (nSPS) is 21.4. The fourth-order valence-corrected chi connectivity index (χ4v) is 6.31. The predicted octanol–water partition coefficient (Wildman–Crippen LogP) is 2.47. The molecule has 6 nitrogen and oxygen atoms in total. The minimum atomic E-state index is -3.71. The first kappa shape index (κ1) is 21.9. The van der Waals surface area contributed by atoms with Gasteiger partial charge in [-0.2, -0.15) is 4.31 Å². The molecule has 0 aliphatic carbocycles. The Morgan fingerprint density at radius 2 is 1.74 bits per heavy atom. The lowest BCUT2D eigenvalue weighted by Crippen LogP contribution is -2.64. The lowest BCUT2D eigenvalue weighted by molar-refractivity contribution is -0.130. The molecule has 0 radical (unpaired) electrons. The van der Waals surface area contributed by atoms with E-state index in [0.717, 1.165) is 24.2 Å². The molecule has 2 aromatic rings. The van der Waals surface area contributed by atoms with Crippen LogP contribution in [0.3, 0.4) is 0 Å². The molecule has 1 N–H and O–H groups in total. The standard InChI is InChI=1S/C23H28FN3O3S/c1-17(2)25-22(28)21-13-26(12-18-6-4-3-5-7-18)14-23(21)15-27(16-23)31(29,30)20-10-8-19(24)9-11-20/h3-11,17,21H,12-16H2,1-2H3,(H,25,28). The molecule has 2 aliphatic heterocycles. The van der Waals surface area contributed by atoms with Gasteiger partial charge in [0.1, 0.15) is 5.82 Å². The Labute approximate surface area is 183 Å². The van der Waals surface area contributed by atoms with Gasteiger partial charge in [-0.05, 0) is 43.7 Å². The number of nitrogens with zero attached hydrogens (tertiary/aromatic N) is 2. The Bertz CT molecular complexity index is 1040. The van der Waals surface area contributed by atoms with Crippen LogP contribution in [0.4, 0.5) is 4.39 Å². The van der Waals surface area contributed by atoms with E-state index >= 15 is 0 Å². The SMILES string of the molecule is CC(C)NC(=O)C1CN(Cc2ccccc2)CC12CN(S(=O)(=O)c1ccc(F)cc1)C2. The highest BCUT2D eigenvalue weighted by Gasteiger charge is 2.59. The van der Waals surface area contributed by atoms with E-state index in [-0.39, 0.29) is 35.9 Å². The van der Waals surface area contributed by atoms with Crippen molar-refractivity contribution in [2.75, 3.05) is 26.2 Å². The van der Waals surface area contributed by atoms with E-state index < -0.39 is 21.3 Å². The topological polar surface area (TPSA) is 69.7 Å². The van der Waals surface area contributed by atoms with Gasteiger partial charge in [-0.1, -0.05) is 30.3 Å². The smallest absolute Gasteiger partial charge is 0.243 e. The lowest BCUT2D eigenvalue weighted by atomic mass is 9.72. The van der Waals surface area contributed by atoms with Gasteiger partial charge in [0.2, 0.25) is 15.9 Å². The van der Waals surface area contributed by atoms with Crippen molar-refractivity contribution in [3.05, 3.63) is 66.0 Å². The van der Waals surface area contributed by atoms with Crippen molar-refractivity contribution >= 4 is 15.9 Å². The maximum Gasteiger partial charge on any atom is 0.243 e. The maximum absolute atomic E-state index is 13.2. The molecule has 2 saturated heterocycles. The maximum atomic E-state index is 13.2. The Kier molecular flexibility index (Phi) is 5.89. The molecular weight excluding hydrogens is 417 g/mol. The fraction of sp³-hybridized carbons (Fsp3) is 0.435. The van der Waals surface area contributed by atoms with Crippen LogP contribution in [-0.4, -0.2) is 55.8 Å². The first-order valence-corrected chi connectivity index (χ1v) is 12.0. The third kappa shape index (κ3) is 4.37. The summed E-state index contributed by atoms with van der Waals surface area (Å²) in [6.45, 7) is 6.40. The van der Waals surface area contributed by atoms with Gasteiger partial charge in [0.05, 0.1) is 10.8 Å². The highest BCUT2D eigenvalue weighted by atomic mass is 32.2. The van der Waals surface area contributed by atoms with Gasteiger partial charge in [-0.15, -0.1) is 0 Å². The Hall–Kier alpha value is -2.29. The molecule has 0 aromatic heterocycles. The van der Waals surface area contributed by atoms with Crippen molar-refractivity contribution in [2.45, 2.75) is 31.3 Å². The average molecular weight is 446 g/mol. The van der Waals surface area contributed by atoms with Crippen molar-refractivity contribution < 1.29 is 17.6 Å². The van der Waals surface area contributed by atoms with Gasteiger partial charge < -0.3 is 5.32 Å². The number of halogens is 1. The van der Waals surface area contributed by atoms with Crippen LogP contribution in [0.5, 0.6) is 0 Å². The third-order valence-electron chi connectivity index (χ3n) is 6.15. The molecule has 2 fully saturated rings. The van der Waals surface area contributed by atoms with E-state index in [0.29, 0.717) is 13.1 Å². The summed E-state index contributed by atoms with van der Waals surface area (Å²) in [6, 6.07) is 15.0. The van der Waals surface area contributed by atoms with Crippen LogP contribution in [-0.2, 0) is 21.4 Å². The van der Waals surface area contributed by atoms with E-state index in [4.69, 9.17) is 0 Å². The van der Waals surface area contributed by atoms with E-state index in [1.807, 2.05) is 32.0 Å². The van der Waals surface area contributed by atoms with Crippen LogP contribution < -0.4 is 5.32 Å². The summed E-state index contributed by atoms with van der Waals surface area (Å²) in [7, 11) is -3.71. The number of hydrogen-bond acceptors (Lipinski definition) is 4. The summed E-state index contributed by atoms with van der Waals surface area (Å²) in [5.74, 6) is -0.778. The van der Waals surface area contributed by atoms with Crippen molar-refractivity contribution in [3.63, 3.8) is 0 Å². The Morgan fingerprint density at radius 3 is 2.35 bits per heavy atom. The van der Waals surface area contributed by atoms with Crippen molar-refractivity contribution in [1.29, 1.82) is 0 Å². The molecule has 0 saturated carbocycles. The molecule has 1 spiro atoms. The van der Waals surface area contributed by atoms with Gasteiger partial charge >= 0.3 is 0 Å². The van der Waals surface area contributed by atoms with E-state index in [2.05, 4.69) is 22.3 Å². The van der Waals surface area contributed by atoms with Gasteiger partial charge in [0.25, 0.3) is 0 Å². The number of carbonyl (C=O) groups is 1. The molecular formula is C23H28FN3O3S. The second kappa shape index (κ2) is 8.33. The van der Waals surface area contributed by atoms with Crippen LogP contribution in [0, 0.1) is 17.2 Å². The number of benzene rings is 2. The van der Waals surface area contributed by atoms with Gasteiger partial charge in [-0.3, -0.25) is 9.69 Å². The van der Waals surface area contributed by atoms with E-state index in [1.54, 1.807) is 0 Å². The highest BCUT2D eigenvalue weighted by molar-refractivity contribution is 7.89. The van der Waals surface area contributed by atoms with Gasteiger partial charge in [-0.25, -0.2) is 12.8 Å². The second-order valence-corrected chi connectivity index (χ2v) is 10.9. The predicted molar refractivity (Wildman–Crippen MR) is 116 cm³/mol. The number of amides is 1. The summed E-state index contributed by atoms with van der Waals surface area (Å²) in [5, 5.41) is 3.01. The van der Waals surface area contributed by atoms with E-state index in [1.165, 1.54) is 16.4 Å². The van der Waals surface area contributed by atoms with Crippen LogP contribution in [0.25, 0.3) is 0 Å². The molecule has 2 heterocycles. The van der Waals surface area contributed by atoms with Gasteiger partial charge in [0, 0.05) is 44.2 Å². The number of carbonyl (C=O) groups excluding carboxylic acids is 1. The summed E-state index contributed by atoms with van der Waals surface area (Å²) in [6.07, 6.45) is 0. The first-order valence-electron chi connectivity index (χ1n) is 10.5. The van der Waals surface area contributed by atoms with Crippen molar-refractivity contribution in [1.82, 2.24) is 14.5 Å². The fourth-order valence-electron chi connectivity index (χ4n) is 4.68. The van der Waals surface area contributed by atoms with Crippen LogP contribution in [0.1, 0.15) is 19.4 Å². The van der Waals surface area contributed by atoms with Crippen molar-refractivity contribution in [3.8, 4) is 0 Å². The van der Waals surface area contributed by atoms with Crippen molar-refractivity contribution in [2.24, 2.45) is 11.3 Å². The molecule has 1 atom stereocenters. The van der Waals surface area contributed by atoms with Crippen LogP contribution in [0.15, 0.2) is 59.5 Å². The molecule has 31 heavy (non-hydrogen) atoms. The highest BCUT2D eigenvalue weighted by Crippen LogP contribution is 2.46. The largest absolute Gasteiger partial charge is 0.354 e. The zero-order valence-electron chi connectivity index (χ0n) is 17.8.